The number of morpholine rings is 1. The lowest BCUT2D eigenvalue weighted by molar-refractivity contribution is -0.130. The third-order valence-corrected chi connectivity index (χ3v) is 3.42. The SMILES string of the molecule is COCCOCCOCCN1CC(CCl)OC(C)(C)C1. The van der Waals surface area contributed by atoms with E-state index in [4.69, 9.17) is 30.5 Å². The second-order valence-corrected chi connectivity index (χ2v) is 5.92. The van der Waals surface area contributed by atoms with Crippen LogP contribution in [0.15, 0.2) is 0 Å². The molecule has 120 valence electrons. The van der Waals surface area contributed by atoms with E-state index >= 15 is 0 Å². The monoisotopic (exact) mass is 309 g/mol. The van der Waals surface area contributed by atoms with Crippen LogP contribution in [0.3, 0.4) is 0 Å². The first-order chi connectivity index (χ1) is 9.57. The van der Waals surface area contributed by atoms with Crippen molar-refractivity contribution in [1.82, 2.24) is 4.90 Å². The number of nitrogens with zero attached hydrogens (tertiary/aromatic N) is 1. The van der Waals surface area contributed by atoms with Gasteiger partial charge in [-0.2, -0.15) is 0 Å². The molecule has 0 aromatic rings. The van der Waals surface area contributed by atoms with Gasteiger partial charge in [0, 0.05) is 32.6 Å². The number of alkyl halides is 1. The van der Waals surface area contributed by atoms with Crippen LogP contribution in [0, 0.1) is 0 Å². The lowest BCUT2D eigenvalue weighted by Gasteiger charge is -2.42. The molecular weight excluding hydrogens is 282 g/mol. The number of methoxy groups -OCH3 is 1. The van der Waals surface area contributed by atoms with E-state index in [2.05, 4.69) is 18.7 Å². The Hall–Kier alpha value is 0.0900. The van der Waals surface area contributed by atoms with E-state index in [0.717, 1.165) is 19.6 Å². The van der Waals surface area contributed by atoms with Gasteiger partial charge in [0.15, 0.2) is 0 Å². The van der Waals surface area contributed by atoms with Gasteiger partial charge >= 0.3 is 0 Å². The van der Waals surface area contributed by atoms with E-state index in [1.165, 1.54) is 0 Å². The zero-order valence-corrected chi connectivity index (χ0v) is 13.7. The normalized spacial score (nSPS) is 23.1. The minimum absolute atomic E-state index is 0.109. The Morgan fingerprint density at radius 1 is 1.15 bits per heavy atom. The molecule has 1 unspecified atom stereocenters. The van der Waals surface area contributed by atoms with Crippen molar-refractivity contribution in [3.8, 4) is 0 Å². The summed E-state index contributed by atoms with van der Waals surface area (Å²) in [5, 5.41) is 0. The fraction of sp³-hybridized carbons (Fsp3) is 1.00. The maximum absolute atomic E-state index is 5.91. The molecule has 0 radical (unpaired) electrons. The zero-order chi connectivity index (χ0) is 14.8. The summed E-state index contributed by atoms with van der Waals surface area (Å²) >= 11 is 5.91. The predicted octanol–water partition coefficient (Wildman–Crippen LogP) is 1.38. The third kappa shape index (κ3) is 7.76. The van der Waals surface area contributed by atoms with E-state index in [1.54, 1.807) is 7.11 Å². The van der Waals surface area contributed by atoms with E-state index in [-0.39, 0.29) is 11.7 Å². The summed E-state index contributed by atoms with van der Waals surface area (Å²) in [6.07, 6.45) is 0.109. The van der Waals surface area contributed by atoms with Gasteiger partial charge in [0.05, 0.1) is 44.7 Å². The molecule has 0 aromatic carbocycles. The molecule has 0 saturated carbocycles. The Bertz CT molecular complexity index is 253. The molecule has 5 nitrogen and oxygen atoms in total. The number of halogens is 1. The summed E-state index contributed by atoms with van der Waals surface area (Å²) < 4.78 is 21.7. The number of hydrogen-bond acceptors (Lipinski definition) is 5. The van der Waals surface area contributed by atoms with Gasteiger partial charge in [-0.25, -0.2) is 0 Å². The van der Waals surface area contributed by atoms with Crippen molar-refractivity contribution in [3.63, 3.8) is 0 Å². The molecule has 0 bridgehead atoms. The summed E-state index contributed by atoms with van der Waals surface area (Å²) in [6.45, 7) is 10.1. The highest BCUT2D eigenvalue weighted by atomic mass is 35.5. The van der Waals surface area contributed by atoms with Crippen molar-refractivity contribution in [2.24, 2.45) is 0 Å². The third-order valence-electron chi connectivity index (χ3n) is 3.08. The maximum atomic E-state index is 5.91. The average Bonchev–Trinajstić information content (AvgIpc) is 2.40. The van der Waals surface area contributed by atoms with Gasteiger partial charge in [0.1, 0.15) is 0 Å². The predicted molar refractivity (Wildman–Crippen MR) is 79.6 cm³/mol. The van der Waals surface area contributed by atoms with Crippen LogP contribution in [-0.2, 0) is 18.9 Å². The Kier molecular flexibility index (Phi) is 9.00. The van der Waals surface area contributed by atoms with Crippen molar-refractivity contribution >= 4 is 11.6 Å². The molecule has 0 spiro atoms. The molecule has 1 aliphatic heterocycles. The van der Waals surface area contributed by atoms with Crippen LogP contribution in [0.1, 0.15) is 13.8 Å². The molecule has 0 aliphatic carbocycles. The highest BCUT2D eigenvalue weighted by molar-refractivity contribution is 6.18. The van der Waals surface area contributed by atoms with Gasteiger partial charge in [-0.1, -0.05) is 0 Å². The summed E-state index contributed by atoms with van der Waals surface area (Å²) in [7, 11) is 1.66. The summed E-state index contributed by atoms with van der Waals surface area (Å²) in [6, 6.07) is 0. The zero-order valence-electron chi connectivity index (χ0n) is 12.9. The maximum Gasteiger partial charge on any atom is 0.0844 e. The number of rotatable bonds is 10. The molecule has 6 heteroatoms. The first-order valence-corrected chi connectivity index (χ1v) is 7.71. The molecule has 0 amide bonds. The van der Waals surface area contributed by atoms with E-state index in [1.807, 2.05) is 0 Å². The van der Waals surface area contributed by atoms with Crippen molar-refractivity contribution in [3.05, 3.63) is 0 Å². The van der Waals surface area contributed by atoms with E-state index in [0.29, 0.717) is 38.9 Å². The second kappa shape index (κ2) is 9.92. The van der Waals surface area contributed by atoms with Crippen molar-refractivity contribution in [1.29, 1.82) is 0 Å². The molecule has 1 aliphatic rings. The number of ether oxygens (including phenoxy) is 4. The first-order valence-electron chi connectivity index (χ1n) is 7.18. The van der Waals surface area contributed by atoms with Crippen molar-refractivity contribution in [2.45, 2.75) is 25.6 Å². The minimum Gasteiger partial charge on any atom is -0.382 e. The van der Waals surface area contributed by atoms with Crippen LogP contribution in [-0.4, -0.2) is 82.3 Å². The van der Waals surface area contributed by atoms with Gasteiger partial charge in [0.25, 0.3) is 0 Å². The van der Waals surface area contributed by atoms with Crippen LogP contribution in [0.2, 0.25) is 0 Å². The fourth-order valence-electron chi connectivity index (χ4n) is 2.33. The van der Waals surface area contributed by atoms with Gasteiger partial charge in [-0.05, 0) is 13.8 Å². The Morgan fingerprint density at radius 3 is 2.45 bits per heavy atom. The quantitative estimate of drug-likeness (QED) is 0.450. The first kappa shape index (κ1) is 18.1. The molecule has 0 aromatic heterocycles. The van der Waals surface area contributed by atoms with Crippen LogP contribution in [0.4, 0.5) is 0 Å². The largest absolute Gasteiger partial charge is 0.382 e. The lowest BCUT2D eigenvalue weighted by atomic mass is 10.1. The Morgan fingerprint density at radius 2 is 1.80 bits per heavy atom. The summed E-state index contributed by atoms with van der Waals surface area (Å²) in [5.41, 5.74) is -0.138. The standard InChI is InChI=1S/C14H28ClNO4/c1-14(2)12-16(11-13(10-15)20-14)4-5-18-8-9-19-7-6-17-3/h13H,4-12H2,1-3H3. The van der Waals surface area contributed by atoms with Crippen molar-refractivity contribution in [2.75, 3.05) is 65.7 Å². The molecule has 0 N–H and O–H groups in total. The smallest absolute Gasteiger partial charge is 0.0844 e. The van der Waals surface area contributed by atoms with Gasteiger partial charge in [-0.15, -0.1) is 11.6 Å². The molecule has 1 saturated heterocycles. The lowest BCUT2D eigenvalue weighted by Crippen LogP contribution is -2.54. The molecular formula is C14H28ClNO4. The van der Waals surface area contributed by atoms with Crippen LogP contribution >= 0.6 is 11.6 Å². The summed E-state index contributed by atoms with van der Waals surface area (Å²) in [4.78, 5) is 2.35. The van der Waals surface area contributed by atoms with E-state index in [9.17, 15) is 0 Å². The molecule has 1 fully saturated rings. The summed E-state index contributed by atoms with van der Waals surface area (Å²) in [5.74, 6) is 0.536. The average molecular weight is 310 g/mol. The van der Waals surface area contributed by atoms with Crippen LogP contribution in [0.25, 0.3) is 0 Å². The van der Waals surface area contributed by atoms with Gasteiger partial charge in [0.2, 0.25) is 0 Å². The van der Waals surface area contributed by atoms with Gasteiger partial charge in [-0.3, -0.25) is 4.90 Å². The molecule has 20 heavy (non-hydrogen) atoms. The van der Waals surface area contributed by atoms with Gasteiger partial charge < -0.3 is 18.9 Å². The molecule has 1 heterocycles. The number of hydrogen-bond donors (Lipinski definition) is 0. The highest BCUT2D eigenvalue weighted by Crippen LogP contribution is 2.21. The topological polar surface area (TPSA) is 40.2 Å². The second-order valence-electron chi connectivity index (χ2n) is 5.61. The minimum atomic E-state index is -0.138. The highest BCUT2D eigenvalue weighted by Gasteiger charge is 2.32. The van der Waals surface area contributed by atoms with Crippen LogP contribution < -0.4 is 0 Å². The van der Waals surface area contributed by atoms with Crippen molar-refractivity contribution < 1.29 is 18.9 Å². The fourth-order valence-corrected chi connectivity index (χ4v) is 2.49. The van der Waals surface area contributed by atoms with Crippen LogP contribution in [0.5, 0.6) is 0 Å². The Labute approximate surface area is 127 Å². The Balaban J connectivity index is 2.06. The molecule has 1 atom stereocenters. The molecule has 1 rings (SSSR count). The van der Waals surface area contributed by atoms with E-state index < -0.39 is 0 Å².